The average molecular weight is 332 g/mol. The summed E-state index contributed by atoms with van der Waals surface area (Å²) >= 11 is 2.64. The van der Waals surface area contributed by atoms with E-state index in [4.69, 9.17) is 5.14 Å². The van der Waals surface area contributed by atoms with Crippen LogP contribution in [0.4, 0.5) is 14.6 Å². The second kappa shape index (κ2) is 4.58. The van der Waals surface area contributed by atoms with Crippen LogP contribution in [0, 0.1) is 10.1 Å². The standard InChI is InChI=1S/C6H4BrF2N3O4S/c7-2-1-3(17(10,15)16)6(12(13)14)11-4(2)5(8)9/h1,5H,(H2,10,15,16). The summed E-state index contributed by atoms with van der Waals surface area (Å²) in [6, 6.07) is 0.627. The zero-order valence-corrected chi connectivity index (χ0v) is 10.2. The molecule has 0 atom stereocenters. The van der Waals surface area contributed by atoms with Gasteiger partial charge in [0.05, 0.1) is 4.47 Å². The fourth-order valence-corrected chi connectivity index (χ4v) is 2.27. The lowest BCUT2D eigenvalue weighted by Gasteiger charge is -2.03. The third kappa shape index (κ3) is 2.92. The van der Waals surface area contributed by atoms with E-state index in [1.807, 2.05) is 0 Å². The molecule has 17 heavy (non-hydrogen) atoms. The van der Waals surface area contributed by atoms with Gasteiger partial charge in [-0.05, 0) is 31.9 Å². The van der Waals surface area contributed by atoms with Crippen LogP contribution >= 0.6 is 15.9 Å². The van der Waals surface area contributed by atoms with E-state index in [0.717, 1.165) is 0 Å². The molecule has 0 aromatic carbocycles. The number of nitro groups is 1. The highest BCUT2D eigenvalue weighted by Gasteiger charge is 2.31. The molecule has 0 aliphatic rings. The maximum atomic E-state index is 12.4. The SMILES string of the molecule is NS(=O)(=O)c1cc(Br)c(C(F)F)nc1[N+](=O)[O-]. The predicted octanol–water partition coefficient (Wildman–Crippen LogP) is 1.34. The maximum absolute atomic E-state index is 12.4. The summed E-state index contributed by atoms with van der Waals surface area (Å²) in [6.45, 7) is 0. The number of hydrogen-bond donors (Lipinski definition) is 1. The van der Waals surface area contributed by atoms with Crippen molar-refractivity contribution >= 4 is 31.8 Å². The zero-order valence-electron chi connectivity index (χ0n) is 7.80. The van der Waals surface area contributed by atoms with Crippen LogP contribution in [0.3, 0.4) is 0 Å². The molecular weight excluding hydrogens is 328 g/mol. The van der Waals surface area contributed by atoms with Gasteiger partial charge in [0, 0.05) is 0 Å². The first-order valence-electron chi connectivity index (χ1n) is 3.80. The molecule has 1 aromatic heterocycles. The Morgan fingerprint density at radius 2 is 2.06 bits per heavy atom. The first-order valence-corrected chi connectivity index (χ1v) is 6.14. The lowest BCUT2D eigenvalue weighted by molar-refractivity contribution is -0.392. The molecule has 1 aromatic rings. The second-order valence-corrected chi connectivity index (χ2v) is 5.16. The van der Waals surface area contributed by atoms with Gasteiger partial charge in [-0.3, -0.25) is 0 Å². The van der Waals surface area contributed by atoms with Gasteiger partial charge in [-0.2, -0.15) is 0 Å². The summed E-state index contributed by atoms with van der Waals surface area (Å²) in [4.78, 5) is 11.4. The summed E-state index contributed by atoms with van der Waals surface area (Å²) in [5, 5.41) is 15.2. The van der Waals surface area contributed by atoms with Crippen molar-refractivity contribution in [1.29, 1.82) is 0 Å². The van der Waals surface area contributed by atoms with E-state index in [0.29, 0.717) is 6.07 Å². The first-order chi connectivity index (χ1) is 7.64. The van der Waals surface area contributed by atoms with Gasteiger partial charge in [-0.1, -0.05) is 0 Å². The largest absolute Gasteiger partial charge is 0.384 e. The van der Waals surface area contributed by atoms with Crippen LogP contribution in [0.25, 0.3) is 0 Å². The summed E-state index contributed by atoms with van der Waals surface area (Å²) in [5.74, 6) is -1.23. The van der Waals surface area contributed by atoms with E-state index in [2.05, 4.69) is 20.9 Å². The number of nitrogens with zero attached hydrogens (tertiary/aromatic N) is 2. The molecule has 0 bridgehead atoms. The Hall–Kier alpha value is -1.20. The molecule has 0 amide bonds. The molecule has 0 radical (unpaired) electrons. The monoisotopic (exact) mass is 331 g/mol. The van der Waals surface area contributed by atoms with Crippen molar-refractivity contribution in [2.75, 3.05) is 0 Å². The number of alkyl halides is 2. The van der Waals surface area contributed by atoms with Gasteiger partial charge in [-0.15, -0.1) is 0 Å². The van der Waals surface area contributed by atoms with Crippen molar-refractivity contribution in [3.8, 4) is 0 Å². The van der Waals surface area contributed by atoms with Crippen LogP contribution in [-0.2, 0) is 10.0 Å². The van der Waals surface area contributed by atoms with Crippen molar-refractivity contribution < 1.29 is 22.1 Å². The topological polar surface area (TPSA) is 116 Å². The molecule has 0 saturated carbocycles. The van der Waals surface area contributed by atoms with Crippen LogP contribution in [0.2, 0.25) is 0 Å². The van der Waals surface area contributed by atoms with Crippen molar-refractivity contribution in [3.63, 3.8) is 0 Å². The number of primary sulfonamides is 1. The summed E-state index contributed by atoms with van der Waals surface area (Å²) in [7, 11) is -4.42. The Balaban J connectivity index is 3.65. The molecule has 0 spiro atoms. The minimum absolute atomic E-state index is 0.373. The molecule has 0 aliphatic heterocycles. The number of rotatable bonds is 3. The highest BCUT2D eigenvalue weighted by atomic mass is 79.9. The Labute approximate surface area is 102 Å². The van der Waals surface area contributed by atoms with Crippen LogP contribution in [-0.4, -0.2) is 18.3 Å². The number of hydrogen-bond acceptors (Lipinski definition) is 5. The normalized spacial score (nSPS) is 11.8. The lowest BCUT2D eigenvalue weighted by Crippen LogP contribution is -2.16. The van der Waals surface area contributed by atoms with Crippen molar-refractivity contribution in [3.05, 3.63) is 26.3 Å². The highest BCUT2D eigenvalue weighted by molar-refractivity contribution is 9.10. The number of pyridine rings is 1. The van der Waals surface area contributed by atoms with Gasteiger partial charge < -0.3 is 10.1 Å². The summed E-state index contributed by atoms with van der Waals surface area (Å²) in [5.41, 5.74) is -0.927. The molecule has 0 fully saturated rings. The van der Waals surface area contributed by atoms with E-state index in [1.54, 1.807) is 0 Å². The number of sulfonamides is 1. The van der Waals surface area contributed by atoms with Gasteiger partial charge in [0.15, 0.2) is 4.90 Å². The Morgan fingerprint density at radius 3 is 2.41 bits per heavy atom. The lowest BCUT2D eigenvalue weighted by atomic mass is 10.3. The minimum atomic E-state index is -4.42. The molecular formula is C6H4BrF2N3O4S. The van der Waals surface area contributed by atoms with Gasteiger partial charge in [0.25, 0.3) is 0 Å². The molecule has 1 heterocycles. The molecule has 0 unspecified atom stereocenters. The van der Waals surface area contributed by atoms with Gasteiger partial charge >= 0.3 is 12.2 Å². The van der Waals surface area contributed by atoms with Crippen molar-refractivity contribution in [2.24, 2.45) is 5.14 Å². The molecule has 11 heteroatoms. The highest BCUT2D eigenvalue weighted by Crippen LogP contribution is 2.31. The van der Waals surface area contributed by atoms with Crippen molar-refractivity contribution in [1.82, 2.24) is 4.98 Å². The first kappa shape index (κ1) is 13.9. The number of nitrogens with two attached hydrogens (primary N) is 1. The van der Waals surface area contributed by atoms with Gasteiger partial charge in [0.2, 0.25) is 15.7 Å². The predicted molar refractivity (Wildman–Crippen MR) is 54.9 cm³/mol. The minimum Gasteiger partial charge on any atom is -0.358 e. The summed E-state index contributed by atoms with van der Waals surface area (Å²) in [6.07, 6.45) is -3.09. The molecule has 0 aliphatic carbocycles. The van der Waals surface area contributed by atoms with Crippen LogP contribution in [0.15, 0.2) is 15.4 Å². The Morgan fingerprint density at radius 1 is 1.53 bits per heavy atom. The molecule has 7 nitrogen and oxygen atoms in total. The van der Waals surface area contributed by atoms with E-state index >= 15 is 0 Å². The number of halogens is 3. The maximum Gasteiger partial charge on any atom is 0.384 e. The fraction of sp³-hybridized carbons (Fsp3) is 0.167. The molecule has 94 valence electrons. The zero-order chi connectivity index (χ0) is 13.4. The Bertz CT molecular complexity index is 577. The Kier molecular flexibility index (Phi) is 3.74. The van der Waals surface area contributed by atoms with Crippen LogP contribution < -0.4 is 5.14 Å². The third-order valence-electron chi connectivity index (χ3n) is 1.64. The van der Waals surface area contributed by atoms with Crippen molar-refractivity contribution in [2.45, 2.75) is 11.3 Å². The van der Waals surface area contributed by atoms with Gasteiger partial charge in [-0.25, -0.2) is 22.3 Å². The van der Waals surface area contributed by atoms with Gasteiger partial charge in [0.1, 0.15) is 0 Å². The fourth-order valence-electron chi connectivity index (χ4n) is 0.969. The third-order valence-corrected chi connectivity index (χ3v) is 3.18. The number of aromatic nitrogens is 1. The van der Waals surface area contributed by atoms with Crippen LogP contribution in [0.1, 0.15) is 12.1 Å². The summed E-state index contributed by atoms with van der Waals surface area (Å²) < 4.78 is 46.5. The smallest absolute Gasteiger partial charge is 0.358 e. The molecule has 1 rings (SSSR count). The van der Waals surface area contributed by atoms with E-state index in [-0.39, 0.29) is 4.47 Å². The second-order valence-electron chi connectivity index (χ2n) is 2.78. The quantitative estimate of drug-likeness (QED) is 0.662. The van der Waals surface area contributed by atoms with E-state index < -0.39 is 37.8 Å². The molecule has 2 N–H and O–H groups in total. The average Bonchev–Trinajstić information content (AvgIpc) is 2.14. The van der Waals surface area contributed by atoms with Crippen LogP contribution in [0.5, 0.6) is 0 Å². The van der Waals surface area contributed by atoms with E-state index in [1.165, 1.54) is 0 Å². The molecule has 0 saturated heterocycles. The van der Waals surface area contributed by atoms with E-state index in [9.17, 15) is 27.3 Å².